The average Bonchev–Trinajstić information content (AvgIpc) is 2.53. The lowest BCUT2D eigenvalue weighted by Gasteiger charge is -2.25. The number of sulfonamides is 1. The molecule has 0 saturated heterocycles. The first-order valence-electron chi connectivity index (χ1n) is 7.24. The van der Waals surface area contributed by atoms with Crippen molar-refractivity contribution in [2.24, 2.45) is 0 Å². The lowest BCUT2D eigenvalue weighted by atomic mass is 10.0. The van der Waals surface area contributed by atoms with Crippen LogP contribution in [0.15, 0.2) is 53.4 Å². The maximum absolute atomic E-state index is 12.7. The Morgan fingerprint density at radius 1 is 1.17 bits per heavy atom. The highest BCUT2D eigenvalue weighted by Crippen LogP contribution is 2.21. The molecule has 0 aliphatic rings. The third kappa shape index (κ3) is 3.95. The van der Waals surface area contributed by atoms with Crippen LogP contribution in [-0.2, 0) is 21.2 Å². The number of aliphatic carboxylic acids is 1. The summed E-state index contributed by atoms with van der Waals surface area (Å²) in [6.07, 6.45) is 0.0886. The van der Waals surface area contributed by atoms with Crippen LogP contribution in [0.5, 0.6) is 0 Å². The largest absolute Gasteiger partial charge is 0.480 e. The van der Waals surface area contributed by atoms with Crippen LogP contribution >= 0.6 is 11.6 Å². The Morgan fingerprint density at radius 3 is 2.29 bits per heavy atom. The molecule has 2 aromatic rings. The Hall–Kier alpha value is -1.89. The number of hydrogen-bond donors (Lipinski definition) is 1. The molecule has 0 spiro atoms. The van der Waals surface area contributed by atoms with Crippen LogP contribution < -0.4 is 0 Å². The van der Waals surface area contributed by atoms with Gasteiger partial charge in [-0.25, -0.2) is 8.42 Å². The van der Waals surface area contributed by atoms with E-state index < -0.39 is 22.0 Å². The fraction of sp³-hybridized carbons (Fsp3) is 0.235. The van der Waals surface area contributed by atoms with E-state index in [0.717, 1.165) is 15.4 Å². The van der Waals surface area contributed by atoms with Gasteiger partial charge in [-0.05, 0) is 48.7 Å². The maximum atomic E-state index is 12.7. The molecule has 2 rings (SSSR count). The quantitative estimate of drug-likeness (QED) is 0.851. The van der Waals surface area contributed by atoms with Crippen LogP contribution in [0.4, 0.5) is 0 Å². The number of carboxylic acids is 1. The summed E-state index contributed by atoms with van der Waals surface area (Å²) in [5.74, 6) is -1.20. The molecule has 0 unspecified atom stereocenters. The highest BCUT2D eigenvalue weighted by molar-refractivity contribution is 7.89. The first-order valence-corrected chi connectivity index (χ1v) is 9.06. The predicted molar refractivity (Wildman–Crippen MR) is 92.7 cm³/mol. The van der Waals surface area contributed by atoms with Gasteiger partial charge in [0.2, 0.25) is 10.0 Å². The molecule has 128 valence electrons. The molecular weight excluding hydrogens is 350 g/mol. The highest BCUT2D eigenvalue weighted by Gasteiger charge is 2.33. The van der Waals surface area contributed by atoms with Gasteiger partial charge in [-0.2, -0.15) is 4.31 Å². The summed E-state index contributed by atoms with van der Waals surface area (Å²) in [5, 5.41) is 9.93. The summed E-state index contributed by atoms with van der Waals surface area (Å²) in [4.78, 5) is 11.7. The van der Waals surface area contributed by atoms with Crippen LogP contribution in [0.2, 0.25) is 5.02 Å². The Bertz CT molecular complexity index is 834. The zero-order valence-electron chi connectivity index (χ0n) is 13.3. The summed E-state index contributed by atoms with van der Waals surface area (Å²) >= 11 is 5.78. The normalized spacial score (nSPS) is 13.0. The van der Waals surface area contributed by atoms with Gasteiger partial charge in [-0.15, -0.1) is 0 Å². The summed E-state index contributed by atoms with van der Waals surface area (Å²) in [6, 6.07) is 11.8. The van der Waals surface area contributed by atoms with Gasteiger partial charge < -0.3 is 5.11 Å². The molecule has 0 radical (unpaired) electrons. The molecule has 24 heavy (non-hydrogen) atoms. The molecule has 0 saturated carbocycles. The number of halogens is 1. The molecule has 1 atom stereocenters. The number of likely N-dealkylation sites (N-methyl/N-ethyl adjacent to an activating group) is 1. The van der Waals surface area contributed by atoms with Crippen molar-refractivity contribution in [1.82, 2.24) is 4.31 Å². The Labute approximate surface area is 146 Å². The van der Waals surface area contributed by atoms with E-state index >= 15 is 0 Å². The zero-order chi connectivity index (χ0) is 17.9. The molecule has 7 heteroatoms. The fourth-order valence-electron chi connectivity index (χ4n) is 2.36. The van der Waals surface area contributed by atoms with E-state index in [0.29, 0.717) is 5.02 Å². The summed E-state index contributed by atoms with van der Waals surface area (Å²) in [6.45, 7) is 1.86. The van der Waals surface area contributed by atoms with E-state index in [1.54, 1.807) is 12.1 Å². The third-order valence-corrected chi connectivity index (χ3v) is 6.02. The maximum Gasteiger partial charge on any atom is 0.322 e. The number of hydrogen-bond acceptors (Lipinski definition) is 3. The molecule has 2 aromatic carbocycles. The topological polar surface area (TPSA) is 74.7 Å². The van der Waals surface area contributed by atoms with Gasteiger partial charge in [0.25, 0.3) is 0 Å². The summed E-state index contributed by atoms with van der Waals surface area (Å²) in [5.41, 5.74) is 1.71. The molecule has 5 nitrogen and oxygen atoms in total. The molecule has 0 fully saturated rings. The van der Waals surface area contributed by atoms with Gasteiger partial charge in [0.15, 0.2) is 0 Å². The van der Waals surface area contributed by atoms with Gasteiger partial charge in [0.05, 0.1) is 4.90 Å². The van der Waals surface area contributed by atoms with Crippen molar-refractivity contribution >= 4 is 27.6 Å². The molecule has 0 bridgehead atoms. The van der Waals surface area contributed by atoms with E-state index in [-0.39, 0.29) is 11.3 Å². The van der Waals surface area contributed by atoms with Gasteiger partial charge in [0.1, 0.15) is 6.04 Å². The number of carbonyl (C=O) groups is 1. The second-order valence-corrected chi connectivity index (χ2v) is 7.89. The molecule has 0 amide bonds. The van der Waals surface area contributed by atoms with E-state index in [1.165, 1.54) is 31.3 Å². The van der Waals surface area contributed by atoms with Crippen molar-refractivity contribution in [3.63, 3.8) is 0 Å². The number of benzene rings is 2. The van der Waals surface area contributed by atoms with Gasteiger partial charge in [-0.1, -0.05) is 35.9 Å². The third-order valence-electron chi connectivity index (χ3n) is 3.89. The highest BCUT2D eigenvalue weighted by atomic mass is 35.5. The summed E-state index contributed by atoms with van der Waals surface area (Å²) < 4.78 is 26.3. The first kappa shape index (κ1) is 18.4. The minimum atomic E-state index is -3.94. The smallest absolute Gasteiger partial charge is 0.322 e. The van der Waals surface area contributed by atoms with Crippen molar-refractivity contribution in [1.29, 1.82) is 0 Å². The fourth-order valence-corrected chi connectivity index (χ4v) is 3.80. The van der Waals surface area contributed by atoms with Crippen molar-refractivity contribution in [2.75, 3.05) is 7.05 Å². The van der Waals surface area contributed by atoms with Crippen molar-refractivity contribution < 1.29 is 18.3 Å². The minimum Gasteiger partial charge on any atom is -0.480 e. The van der Waals surface area contributed by atoms with Crippen molar-refractivity contribution in [3.05, 3.63) is 64.7 Å². The van der Waals surface area contributed by atoms with Gasteiger partial charge in [-0.3, -0.25) is 4.79 Å². The number of nitrogens with zero attached hydrogens (tertiary/aromatic N) is 1. The van der Waals surface area contributed by atoms with E-state index in [4.69, 9.17) is 11.6 Å². The standard InChI is InChI=1S/C17H18ClNO4S/c1-12-5-3-4-6-13(12)11-16(17(20)21)19(2)24(22,23)15-9-7-14(18)8-10-15/h3-10,16H,11H2,1-2H3,(H,20,21)/t16-/m0/s1. The van der Waals surface area contributed by atoms with E-state index in [1.807, 2.05) is 19.1 Å². The van der Waals surface area contributed by atoms with E-state index in [2.05, 4.69) is 0 Å². The van der Waals surface area contributed by atoms with Gasteiger partial charge in [0, 0.05) is 12.1 Å². The number of carboxylic acid groups (broad SMARTS) is 1. The Morgan fingerprint density at radius 2 is 1.75 bits per heavy atom. The number of rotatable bonds is 6. The van der Waals surface area contributed by atoms with Gasteiger partial charge >= 0.3 is 5.97 Å². The van der Waals surface area contributed by atoms with Crippen LogP contribution in [0.3, 0.4) is 0 Å². The molecular formula is C17H18ClNO4S. The zero-order valence-corrected chi connectivity index (χ0v) is 14.9. The molecule has 0 aromatic heterocycles. The molecule has 1 N–H and O–H groups in total. The summed E-state index contributed by atoms with van der Waals surface area (Å²) in [7, 11) is -2.66. The van der Waals surface area contributed by atoms with Crippen LogP contribution in [-0.4, -0.2) is 36.9 Å². The molecule has 0 heterocycles. The van der Waals surface area contributed by atoms with Crippen LogP contribution in [0.25, 0.3) is 0 Å². The Kier molecular flexibility index (Phi) is 5.64. The lowest BCUT2D eigenvalue weighted by molar-refractivity contribution is -0.141. The molecule has 0 aliphatic heterocycles. The number of aryl methyl sites for hydroxylation is 1. The predicted octanol–water partition coefficient (Wildman–Crippen LogP) is 2.96. The minimum absolute atomic E-state index is 0.00503. The first-order chi connectivity index (χ1) is 11.2. The second kappa shape index (κ2) is 7.34. The monoisotopic (exact) mass is 367 g/mol. The van der Waals surface area contributed by atoms with Crippen LogP contribution in [0, 0.1) is 6.92 Å². The average molecular weight is 368 g/mol. The SMILES string of the molecule is Cc1ccccc1C[C@@H](C(=O)O)N(C)S(=O)(=O)c1ccc(Cl)cc1. The molecule has 0 aliphatic carbocycles. The van der Waals surface area contributed by atoms with Crippen molar-refractivity contribution in [2.45, 2.75) is 24.3 Å². The second-order valence-electron chi connectivity index (χ2n) is 5.46. The Balaban J connectivity index is 2.35. The van der Waals surface area contributed by atoms with Crippen molar-refractivity contribution in [3.8, 4) is 0 Å². The lowest BCUT2D eigenvalue weighted by Crippen LogP contribution is -2.43. The van der Waals surface area contributed by atoms with Crippen LogP contribution in [0.1, 0.15) is 11.1 Å². The van der Waals surface area contributed by atoms with E-state index in [9.17, 15) is 18.3 Å².